The fourth-order valence-electron chi connectivity index (χ4n) is 2.10. The Morgan fingerprint density at radius 3 is 2.80 bits per heavy atom. The Kier molecular flexibility index (Phi) is 4.60. The van der Waals surface area contributed by atoms with Crippen molar-refractivity contribution in [2.75, 3.05) is 6.54 Å². The van der Waals surface area contributed by atoms with E-state index in [1.807, 2.05) is 0 Å². The quantitative estimate of drug-likeness (QED) is 0.854. The van der Waals surface area contributed by atoms with E-state index in [-0.39, 0.29) is 23.3 Å². The van der Waals surface area contributed by atoms with E-state index in [1.165, 1.54) is 0 Å². The van der Waals surface area contributed by atoms with Crippen molar-refractivity contribution in [3.8, 4) is 0 Å². The minimum atomic E-state index is -3.60. The van der Waals surface area contributed by atoms with Gasteiger partial charge in [0.15, 0.2) is 0 Å². The molecule has 0 saturated heterocycles. The Morgan fingerprint density at radius 2 is 2.15 bits per heavy atom. The van der Waals surface area contributed by atoms with Crippen LogP contribution in [0.5, 0.6) is 0 Å². The predicted octanol–water partition coefficient (Wildman–Crippen LogP) is 1.13. The molecule has 0 bridgehead atoms. The maximum absolute atomic E-state index is 12.4. The van der Waals surface area contributed by atoms with Crippen molar-refractivity contribution in [3.63, 3.8) is 0 Å². The summed E-state index contributed by atoms with van der Waals surface area (Å²) in [5.74, 6) is 0.368. The maximum atomic E-state index is 12.4. The highest BCUT2D eigenvalue weighted by Gasteiger charge is 2.34. The average Bonchev–Trinajstić information content (AvgIpc) is 3.12. The van der Waals surface area contributed by atoms with Crippen molar-refractivity contribution in [3.05, 3.63) is 18.2 Å². The number of benzene rings is 1. The summed E-state index contributed by atoms with van der Waals surface area (Å²) < 4.78 is 35.6. The molecule has 0 amide bonds. The first kappa shape index (κ1) is 15.6. The lowest BCUT2D eigenvalue weighted by Gasteiger charge is -2.16. The van der Waals surface area contributed by atoms with Gasteiger partial charge in [-0.2, -0.15) is 8.75 Å². The number of halogens is 1. The van der Waals surface area contributed by atoms with Gasteiger partial charge in [0.1, 0.15) is 15.9 Å². The molecule has 6 nitrogen and oxygen atoms in total. The van der Waals surface area contributed by atoms with Crippen LogP contribution < -0.4 is 10.5 Å². The first-order valence-corrected chi connectivity index (χ1v) is 8.27. The van der Waals surface area contributed by atoms with Gasteiger partial charge in [-0.15, -0.1) is 12.4 Å². The molecule has 3 rings (SSSR count). The smallest absolute Gasteiger partial charge is 0.243 e. The Labute approximate surface area is 127 Å². The van der Waals surface area contributed by atoms with Gasteiger partial charge in [0, 0.05) is 12.6 Å². The highest BCUT2D eigenvalue weighted by molar-refractivity contribution is 7.89. The van der Waals surface area contributed by atoms with Crippen LogP contribution in [-0.2, 0) is 10.0 Å². The zero-order valence-corrected chi connectivity index (χ0v) is 13.0. The van der Waals surface area contributed by atoms with Crippen LogP contribution in [0.2, 0.25) is 0 Å². The number of nitrogens with zero attached hydrogens (tertiary/aromatic N) is 2. The Hall–Kier alpha value is -0.800. The number of nitrogens with two attached hydrogens (primary N) is 1. The third-order valence-electron chi connectivity index (χ3n) is 3.29. The zero-order chi connectivity index (χ0) is 13.5. The molecule has 1 aromatic carbocycles. The van der Waals surface area contributed by atoms with Gasteiger partial charge < -0.3 is 5.73 Å². The molecule has 1 atom stereocenters. The number of nitrogens with one attached hydrogen (secondary N) is 1. The molecule has 0 radical (unpaired) electrons. The second kappa shape index (κ2) is 5.90. The summed E-state index contributed by atoms with van der Waals surface area (Å²) in [4.78, 5) is 0.179. The summed E-state index contributed by atoms with van der Waals surface area (Å²) in [5, 5.41) is 0. The van der Waals surface area contributed by atoms with Crippen LogP contribution in [0.4, 0.5) is 0 Å². The van der Waals surface area contributed by atoms with Gasteiger partial charge >= 0.3 is 0 Å². The largest absolute Gasteiger partial charge is 0.329 e. The van der Waals surface area contributed by atoms with E-state index < -0.39 is 10.0 Å². The van der Waals surface area contributed by atoms with Gasteiger partial charge in [-0.25, -0.2) is 13.1 Å². The van der Waals surface area contributed by atoms with Crippen molar-refractivity contribution in [2.45, 2.75) is 23.8 Å². The number of hydrogen-bond donors (Lipinski definition) is 2. The molecule has 3 N–H and O–H groups in total. The molecule has 1 heterocycles. The second-order valence-corrected chi connectivity index (χ2v) is 6.90. The Balaban J connectivity index is 0.00000147. The molecule has 0 spiro atoms. The van der Waals surface area contributed by atoms with Crippen LogP contribution in [0, 0.1) is 5.92 Å². The van der Waals surface area contributed by atoms with Crippen LogP contribution in [0.1, 0.15) is 12.8 Å². The molecule has 9 heteroatoms. The number of sulfonamides is 1. The summed E-state index contributed by atoms with van der Waals surface area (Å²) in [6.07, 6.45) is 2.07. The van der Waals surface area contributed by atoms with Crippen LogP contribution >= 0.6 is 24.1 Å². The van der Waals surface area contributed by atoms with Gasteiger partial charge in [-0.3, -0.25) is 0 Å². The number of fused-ring (bicyclic) bond motifs is 1. The molecule has 1 aromatic heterocycles. The van der Waals surface area contributed by atoms with E-state index in [0.717, 1.165) is 24.6 Å². The van der Waals surface area contributed by atoms with Crippen molar-refractivity contribution in [1.82, 2.24) is 13.5 Å². The highest BCUT2D eigenvalue weighted by Crippen LogP contribution is 2.33. The molecule has 0 aliphatic heterocycles. The third kappa shape index (κ3) is 2.94. The summed E-state index contributed by atoms with van der Waals surface area (Å²) in [6, 6.07) is 4.78. The third-order valence-corrected chi connectivity index (χ3v) is 5.35. The van der Waals surface area contributed by atoms with E-state index >= 15 is 0 Å². The molecule has 1 saturated carbocycles. The number of aromatic nitrogens is 2. The molecular formula is C11H15ClN4O2S2. The zero-order valence-electron chi connectivity index (χ0n) is 10.5. The molecule has 1 unspecified atom stereocenters. The SMILES string of the molecule is Cl.NCC(NS(=O)(=O)c1cccc2nsnc12)C1CC1. The van der Waals surface area contributed by atoms with E-state index in [4.69, 9.17) is 5.73 Å². The molecule has 110 valence electrons. The first-order valence-electron chi connectivity index (χ1n) is 6.05. The van der Waals surface area contributed by atoms with Crippen molar-refractivity contribution < 1.29 is 8.42 Å². The molecule has 1 aliphatic carbocycles. The van der Waals surface area contributed by atoms with Gasteiger partial charge in [0.2, 0.25) is 10.0 Å². The van der Waals surface area contributed by atoms with E-state index in [9.17, 15) is 8.42 Å². The highest BCUT2D eigenvalue weighted by atomic mass is 35.5. The molecule has 20 heavy (non-hydrogen) atoms. The monoisotopic (exact) mass is 334 g/mol. The second-order valence-electron chi connectivity index (χ2n) is 4.69. The molecule has 1 aliphatic rings. The fraction of sp³-hybridized carbons (Fsp3) is 0.455. The van der Waals surface area contributed by atoms with Gasteiger partial charge in [0.25, 0.3) is 0 Å². The van der Waals surface area contributed by atoms with E-state index in [2.05, 4.69) is 13.5 Å². The summed E-state index contributed by atoms with van der Waals surface area (Å²) in [5.41, 5.74) is 6.66. The normalized spacial score (nSPS) is 16.9. The Morgan fingerprint density at radius 1 is 1.40 bits per heavy atom. The van der Waals surface area contributed by atoms with Gasteiger partial charge in [-0.05, 0) is 30.9 Å². The molecule has 1 fully saturated rings. The van der Waals surface area contributed by atoms with Crippen LogP contribution in [-0.4, -0.2) is 29.8 Å². The lowest BCUT2D eigenvalue weighted by molar-refractivity contribution is 0.519. The van der Waals surface area contributed by atoms with Crippen molar-refractivity contribution >= 4 is 45.2 Å². The average molecular weight is 335 g/mol. The first-order chi connectivity index (χ1) is 9.12. The minimum Gasteiger partial charge on any atom is -0.329 e. The minimum absolute atomic E-state index is 0. The van der Waals surface area contributed by atoms with Crippen LogP contribution in [0.3, 0.4) is 0 Å². The topological polar surface area (TPSA) is 98.0 Å². The molecular weight excluding hydrogens is 320 g/mol. The fourth-order valence-corrected chi connectivity index (χ4v) is 4.18. The van der Waals surface area contributed by atoms with Crippen LogP contribution in [0.25, 0.3) is 11.0 Å². The standard InChI is InChI=1S/C11H14N4O2S2.ClH/c12-6-9(7-4-5-7)15-19(16,17)10-3-1-2-8-11(10)14-18-13-8;/h1-3,7,9,15H,4-6,12H2;1H. The predicted molar refractivity (Wildman–Crippen MR) is 80.6 cm³/mol. The summed E-state index contributed by atoms with van der Waals surface area (Å²) >= 11 is 1.01. The lowest BCUT2D eigenvalue weighted by Crippen LogP contribution is -2.41. The maximum Gasteiger partial charge on any atom is 0.243 e. The summed E-state index contributed by atoms with van der Waals surface area (Å²) in [6.45, 7) is 0.315. The number of rotatable bonds is 5. The van der Waals surface area contributed by atoms with Crippen molar-refractivity contribution in [2.24, 2.45) is 11.7 Å². The number of hydrogen-bond acceptors (Lipinski definition) is 6. The van der Waals surface area contributed by atoms with Crippen LogP contribution in [0.15, 0.2) is 23.1 Å². The molecule has 2 aromatic rings. The summed E-state index contributed by atoms with van der Waals surface area (Å²) in [7, 11) is -3.60. The lowest BCUT2D eigenvalue weighted by atomic mass is 10.2. The van der Waals surface area contributed by atoms with E-state index in [1.54, 1.807) is 18.2 Å². The van der Waals surface area contributed by atoms with E-state index in [0.29, 0.717) is 23.5 Å². The van der Waals surface area contributed by atoms with Gasteiger partial charge in [0.05, 0.1) is 11.7 Å². The van der Waals surface area contributed by atoms with Gasteiger partial charge in [-0.1, -0.05) is 6.07 Å². The Bertz CT molecular complexity index is 699. The van der Waals surface area contributed by atoms with Crippen molar-refractivity contribution in [1.29, 1.82) is 0 Å².